The van der Waals surface area contributed by atoms with Gasteiger partial charge in [-0.1, -0.05) is 30.3 Å². The van der Waals surface area contributed by atoms with Crippen molar-refractivity contribution in [3.8, 4) is 0 Å². The van der Waals surface area contributed by atoms with E-state index in [0.717, 1.165) is 10.8 Å². The molecule has 0 aliphatic heterocycles. The van der Waals surface area contributed by atoms with Gasteiger partial charge < -0.3 is 0 Å². The topological polar surface area (TPSA) is 54.4 Å². The molecule has 3 nitrogen and oxygen atoms in total. The molecule has 2 aromatic rings. The van der Waals surface area contributed by atoms with Crippen LogP contribution in [0, 0.1) is 0 Å². The fourth-order valence-corrected chi connectivity index (χ4v) is 1.84. The van der Waals surface area contributed by atoms with Gasteiger partial charge in [-0.2, -0.15) is 8.42 Å². The predicted molar refractivity (Wildman–Crippen MR) is 62.3 cm³/mol. The van der Waals surface area contributed by atoms with Gasteiger partial charge in [0.05, 0.1) is 4.90 Å². The summed E-state index contributed by atoms with van der Waals surface area (Å²) in [6, 6.07) is 11.9. The zero-order valence-electron chi connectivity index (χ0n) is 7.21. The Morgan fingerprint density at radius 2 is 1.53 bits per heavy atom. The van der Waals surface area contributed by atoms with Crippen LogP contribution in [0.15, 0.2) is 47.4 Å². The molecule has 0 atom stereocenters. The van der Waals surface area contributed by atoms with Gasteiger partial charge in [0.25, 0.3) is 10.1 Å². The van der Waals surface area contributed by atoms with Gasteiger partial charge >= 0.3 is 48.9 Å². The fourth-order valence-electron chi connectivity index (χ4n) is 1.33. The summed E-state index contributed by atoms with van der Waals surface area (Å²) < 4.78 is 30.5. The van der Waals surface area contributed by atoms with E-state index >= 15 is 0 Å². The molecule has 0 heterocycles. The monoisotopic (exact) mass is 348 g/mol. The molecular weight excluding hydrogens is 338 g/mol. The van der Waals surface area contributed by atoms with E-state index in [1.54, 1.807) is 12.1 Å². The molecule has 76 valence electrons. The van der Waals surface area contributed by atoms with Crippen LogP contribution in [0.5, 0.6) is 0 Å². The van der Waals surface area contributed by atoms with E-state index in [1.165, 1.54) is 12.1 Å². The Labute approximate surface area is 128 Å². The molecule has 0 radical (unpaired) electrons. The first-order valence-electron chi connectivity index (χ1n) is 4.04. The van der Waals surface area contributed by atoms with E-state index < -0.39 is 10.1 Å². The SMILES string of the molecule is O=S(=O)(O)c1ccc2ccccc2c1.[BaH2]. The molecule has 0 aromatic heterocycles. The number of hydrogen-bond acceptors (Lipinski definition) is 2. The van der Waals surface area contributed by atoms with Crippen molar-refractivity contribution in [2.24, 2.45) is 0 Å². The zero-order valence-corrected chi connectivity index (χ0v) is 8.03. The Bertz CT molecular complexity index is 578. The normalized spacial score (nSPS) is 11.0. The van der Waals surface area contributed by atoms with Crippen molar-refractivity contribution in [1.82, 2.24) is 0 Å². The molecule has 2 rings (SSSR count). The molecule has 0 amide bonds. The standard InChI is InChI=1S/C10H8O3S.Ba.2H/c11-14(12,13)10-6-5-8-3-1-2-4-9(8)7-10;;;/h1-7H,(H,11,12,13);;;. The van der Waals surface area contributed by atoms with Crippen LogP contribution in [0.3, 0.4) is 0 Å². The first-order chi connectivity index (χ1) is 6.57. The Balaban J connectivity index is 0.00000112. The molecule has 0 saturated heterocycles. The third-order valence-corrected chi connectivity index (χ3v) is 2.87. The van der Waals surface area contributed by atoms with Gasteiger partial charge in [0.1, 0.15) is 0 Å². The Morgan fingerprint density at radius 1 is 0.933 bits per heavy atom. The average Bonchev–Trinajstić information content (AvgIpc) is 2.16. The van der Waals surface area contributed by atoms with Crippen molar-refractivity contribution >= 4 is 69.8 Å². The molecule has 0 aliphatic carbocycles. The van der Waals surface area contributed by atoms with Crippen LogP contribution in [-0.4, -0.2) is 61.9 Å². The summed E-state index contributed by atoms with van der Waals surface area (Å²) in [7, 11) is -4.09. The van der Waals surface area contributed by atoms with Crippen LogP contribution in [0.25, 0.3) is 10.8 Å². The second kappa shape index (κ2) is 5.01. The van der Waals surface area contributed by atoms with Gasteiger partial charge in [-0.05, 0) is 22.9 Å². The number of rotatable bonds is 1. The number of fused-ring (bicyclic) bond motifs is 1. The number of hydrogen-bond donors (Lipinski definition) is 1. The van der Waals surface area contributed by atoms with Crippen molar-refractivity contribution in [1.29, 1.82) is 0 Å². The van der Waals surface area contributed by atoms with Crippen LogP contribution in [-0.2, 0) is 10.1 Å². The van der Waals surface area contributed by atoms with Crippen molar-refractivity contribution in [3.05, 3.63) is 42.5 Å². The fraction of sp³-hybridized carbons (Fsp3) is 0. The van der Waals surface area contributed by atoms with Crippen LogP contribution in [0.4, 0.5) is 0 Å². The van der Waals surface area contributed by atoms with E-state index in [0.29, 0.717) is 0 Å². The van der Waals surface area contributed by atoms with Crippen LogP contribution in [0.1, 0.15) is 0 Å². The Morgan fingerprint density at radius 3 is 2.13 bits per heavy atom. The summed E-state index contributed by atoms with van der Waals surface area (Å²) in [6.07, 6.45) is 0. The molecule has 15 heavy (non-hydrogen) atoms. The van der Waals surface area contributed by atoms with Gasteiger partial charge in [-0.25, -0.2) is 0 Å². The van der Waals surface area contributed by atoms with Crippen LogP contribution >= 0.6 is 0 Å². The van der Waals surface area contributed by atoms with E-state index in [2.05, 4.69) is 0 Å². The van der Waals surface area contributed by atoms with Crippen molar-refractivity contribution < 1.29 is 13.0 Å². The summed E-state index contributed by atoms with van der Waals surface area (Å²) >= 11 is 0. The average molecular weight is 348 g/mol. The first kappa shape index (κ1) is 13.2. The summed E-state index contributed by atoms with van der Waals surface area (Å²) in [4.78, 5) is -0.0730. The third kappa shape index (κ3) is 3.07. The van der Waals surface area contributed by atoms with Gasteiger partial charge in [0.15, 0.2) is 0 Å². The summed E-state index contributed by atoms with van der Waals surface area (Å²) in [5, 5.41) is 1.74. The predicted octanol–water partition coefficient (Wildman–Crippen LogP) is 1.17. The van der Waals surface area contributed by atoms with Crippen molar-refractivity contribution in [2.75, 3.05) is 0 Å². The Kier molecular flexibility index (Phi) is 4.42. The van der Waals surface area contributed by atoms with Gasteiger partial charge in [0.2, 0.25) is 0 Å². The van der Waals surface area contributed by atoms with Crippen molar-refractivity contribution in [3.63, 3.8) is 0 Å². The van der Waals surface area contributed by atoms with E-state index in [-0.39, 0.29) is 53.8 Å². The first-order valence-corrected chi connectivity index (χ1v) is 5.48. The third-order valence-electron chi connectivity index (χ3n) is 2.02. The molecule has 5 heteroatoms. The van der Waals surface area contributed by atoms with Crippen molar-refractivity contribution in [2.45, 2.75) is 4.90 Å². The van der Waals surface area contributed by atoms with Gasteiger partial charge in [0, 0.05) is 0 Å². The Hall–Kier alpha value is 0.181. The molecule has 0 unspecified atom stereocenters. The maximum absolute atomic E-state index is 10.8. The molecular formula is C10H10BaO3S. The van der Waals surface area contributed by atoms with Gasteiger partial charge in [-0.15, -0.1) is 0 Å². The van der Waals surface area contributed by atoms with Crippen LogP contribution in [0.2, 0.25) is 0 Å². The second-order valence-electron chi connectivity index (χ2n) is 2.98. The molecule has 1 N–H and O–H groups in total. The number of benzene rings is 2. The molecule has 2 aromatic carbocycles. The molecule has 0 saturated carbocycles. The second-order valence-corrected chi connectivity index (χ2v) is 4.41. The minimum absolute atomic E-state index is 0. The van der Waals surface area contributed by atoms with E-state index in [4.69, 9.17) is 4.55 Å². The molecule has 0 spiro atoms. The van der Waals surface area contributed by atoms with E-state index in [1.807, 2.05) is 18.2 Å². The quantitative estimate of drug-likeness (QED) is 0.622. The zero-order chi connectivity index (χ0) is 10.2. The summed E-state index contributed by atoms with van der Waals surface area (Å²) in [6.45, 7) is 0. The molecule has 0 aliphatic rings. The minimum atomic E-state index is -4.09. The maximum atomic E-state index is 10.8. The van der Waals surface area contributed by atoms with E-state index in [9.17, 15) is 8.42 Å². The summed E-state index contributed by atoms with van der Waals surface area (Å²) in [5.74, 6) is 0. The van der Waals surface area contributed by atoms with Crippen LogP contribution < -0.4 is 0 Å². The summed E-state index contributed by atoms with van der Waals surface area (Å²) in [5.41, 5.74) is 0. The molecule has 0 fully saturated rings. The van der Waals surface area contributed by atoms with Gasteiger partial charge in [-0.3, -0.25) is 4.55 Å². The molecule has 0 bridgehead atoms.